The van der Waals surface area contributed by atoms with Crippen molar-refractivity contribution in [2.45, 2.75) is 38.7 Å². The van der Waals surface area contributed by atoms with E-state index in [1.807, 2.05) is 24.9 Å². The summed E-state index contributed by atoms with van der Waals surface area (Å²) in [6.45, 7) is 5.85. The lowest BCUT2D eigenvalue weighted by molar-refractivity contribution is -0.0926. The summed E-state index contributed by atoms with van der Waals surface area (Å²) in [7, 11) is 0. The molecular weight excluding hydrogens is 386 g/mol. The predicted octanol–water partition coefficient (Wildman–Crippen LogP) is 3.25. The van der Waals surface area contributed by atoms with E-state index in [4.69, 9.17) is 4.74 Å². The lowest BCUT2D eigenvalue weighted by Crippen LogP contribution is -2.48. The first kappa shape index (κ1) is 18.4. The van der Waals surface area contributed by atoms with Gasteiger partial charge in [0.25, 0.3) is 5.91 Å². The van der Waals surface area contributed by atoms with Crippen molar-refractivity contribution in [2.75, 3.05) is 19.7 Å². The molecule has 8 heteroatoms. The van der Waals surface area contributed by atoms with Crippen LogP contribution in [0.2, 0.25) is 0 Å². The summed E-state index contributed by atoms with van der Waals surface area (Å²) in [6.07, 6.45) is 7.76. The Morgan fingerprint density at radius 1 is 1.28 bits per heavy atom. The Morgan fingerprint density at radius 3 is 2.79 bits per heavy atom. The molecule has 3 aromatic heterocycles. The second kappa shape index (κ2) is 7.03. The second-order valence-electron chi connectivity index (χ2n) is 7.73. The van der Waals surface area contributed by atoms with Crippen molar-refractivity contribution in [3.05, 3.63) is 52.0 Å². The number of aromatic nitrogens is 4. The molecule has 29 heavy (non-hydrogen) atoms. The number of aromatic amines is 1. The van der Waals surface area contributed by atoms with E-state index in [0.29, 0.717) is 18.7 Å². The molecule has 0 saturated carbocycles. The highest BCUT2D eigenvalue weighted by Crippen LogP contribution is 2.46. The highest BCUT2D eigenvalue weighted by Gasteiger charge is 2.43. The van der Waals surface area contributed by atoms with E-state index in [9.17, 15) is 4.79 Å². The summed E-state index contributed by atoms with van der Waals surface area (Å²) in [5, 5.41) is 7.08. The predicted molar refractivity (Wildman–Crippen MR) is 110 cm³/mol. The van der Waals surface area contributed by atoms with Crippen LogP contribution in [-0.2, 0) is 16.8 Å². The Morgan fingerprint density at radius 2 is 2.10 bits per heavy atom. The van der Waals surface area contributed by atoms with Gasteiger partial charge in [0.2, 0.25) is 0 Å². The van der Waals surface area contributed by atoms with Crippen molar-refractivity contribution in [1.82, 2.24) is 25.1 Å². The summed E-state index contributed by atoms with van der Waals surface area (Å²) >= 11 is 1.79. The fraction of sp³-hybridized carbons (Fsp3) is 0.429. The number of thiophene rings is 1. The smallest absolute Gasteiger partial charge is 0.257 e. The number of nitrogens with zero attached hydrogens (tertiary/aromatic N) is 4. The first-order valence-electron chi connectivity index (χ1n) is 9.92. The molecule has 7 nitrogen and oxygen atoms in total. The molecule has 1 amide bonds. The number of fused-ring (bicyclic) bond motifs is 2. The van der Waals surface area contributed by atoms with Gasteiger partial charge in [-0.15, -0.1) is 11.3 Å². The molecule has 5 heterocycles. The Balaban J connectivity index is 1.39. The molecule has 0 atom stereocenters. The number of carbonyl (C=O) groups excluding carboxylic acids is 1. The number of piperidine rings is 1. The minimum atomic E-state index is -0.304. The number of likely N-dealkylation sites (tertiary alicyclic amines) is 1. The van der Waals surface area contributed by atoms with E-state index >= 15 is 0 Å². The molecule has 0 aliphatic carbocycles. The minimum Gasteiger partial charge on any atom is -0.370 e. The minimum absolute atomic E-state index is 0.0604. The number of nitrogens with one attached hydrogen (secondary N) is 1. The molecular formula is C21H23N5O2S. The van der Waals surface area contributed by atoms with Gasteiger partial charge in [-0.3, -0.25) is 19.9 Å². The molecule has 0 radical (unpaired) electrons. The van der Waals surface area contributed by atoms with Crippen LogP contribution in [0.25, 0.3) is 10.6 Å². The largest absolute Gasteiger partial charge is 0.370 e. The number of carbonyl (C=O) groups is 1. The molecule has 1 spiro atoms. The van der Waals surface area contributed by atoms with Gasteiger partial charge in [-0.25, -0.2) is 0 Å². The third-order valence-corrected chi connectivity index (χ3v) is 7.24. The molecule has 150 valence electrons. The van der Waals surface area contributed by atoms with Crippen LogP contribution in [0.3, 0.4) is 0 Å². The zero-order valence-corrected chi connectivity index (χ0v) is 17.4. The van der Waals surface area contributed by atoms with E-state index in [0.717, 1.165) is 47.8 Å². The van der Waals surface area contributed by atoms with Crippen LogP contribution >= 0.6 is 11.3 Å². The lowest BCUT2D eigenvalue weighted by atomic mass is 9.82. The van der Waals surface area contributed by atoms with Gasteiger partial charge in [0.1, 0.15) is 0 Å². The van der Waals surface area contributed by atoms with Crippen molar-refractivity contribution in [3.63, 3.8) is 0 Å². The third-order valence-electron chi connectivity index (χ3n) is 6.02. The van der Waals surface area contributed by atoms with Crippen LogP contribution in [0.1, 0.15) is 45.0 Å². The summed E-state index contributed by atoms with van der Waals surface area (Å²) in [5.41, 5.74) is 4.16. The number of rotatable bonds is 2. The molecule has 2 aliphatic rings. The van der Waals surface area contributed by atoms with E-state index in [-0.39, 0.29) is 11.5 Å². The molecule has 3 aromatic rings. The first-order valence-corrected chi connectivity index (χ1v) is 10.7. The van der Waals surface area contributed by atoms with Gasteiger partial charge >= 0.3 is 0 Å². The summed E-state index contributed by atoms with van der Waals surface area (Å²) in [6, 6.07) is 2.23. The highest BCUT2D eigenvalue weighted by molar-refractivity contribution is 7.15. The van der Waals surface area contributed by atoms with Crippen molar-refractivity contribution in [3.8, 4) is 10.6 Å². The summed E-state index contributed by atoms with van der Waals surface area (Å²) < 4.78 is 6.36. The Kier molecular flexibility index (Phi) is 4.48. The van der Waals surface area contributed by atoms with Crippen LogP contribution in [0, 0.1) is 13.8 Å². The van der Waals surface area contributed by atoms with Gasteiger partial charge in [0, 0.05) is 42.5 Å². The molecule has 2 aliphatic heterocycles. The molecule has 5 rings (SSSR count). The quantitative estimate of drug-likeness (QED) is 0.702. The van der Waals surface area contributed by atoms with Crippen LogP contribution in [0.5, 0.6) is 0 Å². The second-order valence-corrected chi connectivity index (χ2v) is 8.87. The average molecular weight is 410 g/mol. The first-order chi connectivity index (χ1) is 14.1. The van der Waals surface area contributed by atoms with Crippen molar-refractivity contribution in [1.29, 1.82) is 0 Å². The molecule has 0 aromatic carbocycles. The molecule has 1 fully saturated rings. The van der Waals surface area contributed by atoms with E-state index < -0.39 is 0 Å². The van der Waals surface area contributed by atoms with Crippen molar-refractivity contribution >= 4 is 17.2 Å². The monoisotopic (exact) mass is 409 g/mol. The number of hydrogen-bond donors (Lipinski definition) is 1. The maximum Gasteiger partial charge on any atom is 0.257 e. The maximum absolute atomic E-state index is 13.0. The number of amides is 1. The van der Waals surface area contributed by atoms with E-state index in [1.165, 1.54) is 10.4 Å². The number of H-pyrrole nitrogens is 1. The maximum atomic E-state index is 13.0. The van der Waals surface area contributed by atoms with Crippen LogP contribution in [0.15, 0.2) is 24.7 Å². The normalized spacial score (nSPS) is 18.1. The number of ether oxygens (including phenoxy) is 1. The summed E-state index contributed by atoms with van der Waals surface area (Å²) in [4.78, 5) is 26.1. The standard InChI is InChI=1S/C21H23N5O2S/c1-13-19(14(2)25-24-13)20(27)26-8-4-21(5-9-26)15-11-18(16-12-22-6-7-23-16)29-17(15)3-10-28-21/h6-7,11-12H,3-5,8-10H2,1-2H3,(H,24,25). The molecule has 0 bridgehead atoms. The van der Waals surface area contributed by atoms with E-state index in [1.54, 1.807) is 23.7 Å². The van der Waals surface area contributed by atoms with Gasteiger partial charge in [-0.1, -0.05) is 0 Å². The fourth-order valence-corrected chi connectivity index (χ4v) is 5.67. The zero-order chi connectivity index (χ0) is 20.0. The van der Waals surface area contributed by atoms with Crippen LogP contribution < -0.4 is 0 Å². The zero-order valence-electron chi connectivity index (χ0n) is 16.6. The van der Waals surface area contributed by atoms with Gasteiger partial charge in [-0.05, 0) is 38.3 Å². The average Bonchev–Trinajstić information content (AvgIpc) is 3.33. The van der Waals surface area contributed by atoms with Gasteiger partial charge < -0.3 is 9.64 Å². The van der Waals surface area contributed by atoms with Crippen molar-refractivity contribution in [2.24, 2.45) is 0 Å². The lowest BCUT2D eigenvalue weighted by Gasteiger charge is -2.44. The fourth-order valence-electron chi connectivity index (χ4n) is 4.48. The van der Waals surface area contributed by atoms with Gasteiger partial charge in [0.05, 0.1) is 40.2 Å². The Hall–Kier alpha value is -2.58. The molecule has 1 N–H and O–H groups in total. The highest BCUT2D eigenvalue weighted by atomic mass is 32.1. The third kappa shape index (κ3) is 3.07. The Bertz CT molecular complexity index is 1030. The van der Waals surface area contributed by atoms with Gasteiger partial charge in [-0.2, -0.15) is 5.10 Å². The topological polar surface area (TPSA) is 84.0 Å². The number of aryl methyl sites for hydroxylation is 2. The van der Waals surface area contributed by atoms with Crippen molar-refractivity contribution < 1.29 is 9.53 Å². The SMILES string of the molecule is Cc1n[nH]c(C)c1C(=O)N1CCC2(CC1)OCCc1sc(-c3cnccn3)cc12. The summed E-state index contributed by atoms with van der Waals surface area (Å²) in [5.74, 6) is 0.0604. The van der Waals surface area contributed by atoms with E-state index in [2.05, 4.69) is 26.2 Å². The van der Waals surface area contributed by atoms with Crippen LogP contribution in [-0.4, -0.2) is 50.7 Å². The number of hydrogen-bond acceptors (Lipinski definition) is 6. The Labute approximate surface area is 173 Å². The van der Waals surface area contributed by atoms with Gasteiger partial charge in [0.15, 0.2) is 0 Å². The molecule has 0 unspecified atom stereocenters. The van der Waals surface area contributed by atoms with Crippen LogP contribution in [0.4, 0.5) is 0 Å². The molecule has 1 saturated heterocycles.